The Labute approximate surface area is 506 Å². The average Bonchev–Trinajstić information content (AvgIpc) is 1.23. The fraction of sp³-hybridized carbons (Fsp3) is 0. The molecule has 28 heteroatoms. The number of rotatable bonds is 2. The molecule has 0 saturated heterocycles. The van der Waals surface area contributed by atoms with Crippen LogP contribution in [-0.4, -0.2) is 50.3 Å². The number of aromatic carboxylic acids is 2. The number of nitrogens with zero attached hydrogens (tertiary/aromatic N) is 2. The third-order valence-electron chi connectivity index (χ3n) is 15.7. The zero-order chi connectivity index (χ0) is 66.7. The van der Waals surface area contributed by atoms with Gasteiger partial charge >= 0.3 is 23.2 Å². The lowest BCUT2D eigenvalue weighted by Gasteiger charge is -2.23. The number of hydrogen-bond donors (Lipinski definition) is 11. The SMILES string of the molecule is N#Cc1c(N)c2c(c(N)c1C#N)C(=O)c1ccccc1C2=O.Nc1c(C(=O)O)c(C(=O)O)c(N)c2c1C(=O)c1ccccc1C2=O.Nc1c2c(=O)[nH]c(=O)c2c(N)c2c(=O)c3ccccc3c(=O)c12.Nc1c2c(=O)oc(=O)c2c(N)c2c(=O)c3ccccc3c(=O)c12. The Bertz CT molecular complexity index is 5560. The molecule has 19 N–H and O–H groups in total. The second-order valence-electron chi connectivity index (χ2n) is 20.4. The maximum Gasteiger partial charge on any atom is 0.349 e. The van der Waals surface area contributed by atoms with Crippen molar-refractivity contribution in [1.29, 1.82) is 10.5 Å². The van der Waals surface area contributed by atoms with E-state index in [9.17, 15) is 87.9 Å². The van der Waals surface area contributed by atoms with Crippen LogP contribution in [0, 0.1) is 22.7 Å². The van der Waals surface area contributed by atoms with Gasteiger partial charge in [0.1, 0.15) is 22.9 Å². The predicted molar refractivity (Wildman–Crippen MR) is 338 cm³/mol. The van der Waals surface area contributed by atoms with E-state index in [2.05, 4.69) is 9.40 Å². The minimum Gasteiger partial charge on any atom is -0.478 e. The van der Waals surface area contributed by atoms with Gasteiger partial charge in [-0.25, -0.2) is 19.2 Å². The molecule has 0 atom stereocenters. The third-order valence-corrected chi connectivity index (χ3v) is 15.7. The zero-order valence-electron chi connectivity index (χ0n) is 46.3. The zero-order valence-corrected chi connectivity index (χ0v) is 46.3. The second-order valence-corrected chi connectivity index (χ2v) is 20.4. The summed E-state index contributed by atoms with van der Waals surface area (Å²) < 4.78 is 4.50. The molecule has 448 valence electrons. The molecule has 0 unspecified atom stereocenters. The Morgan fingerprint density at radius 3 is 0.837 bits per heavy atom. The summed E-state index contributed by atoms with van der Waals surface area (Å²) in [6, 6.07) is 28.2. The monoisotopic (exact) mass is 1230 g/mol. The highest BCUT2D eigenvalue weighted by molar-refractivity contribution is 6.35. The average molecular weight is 1230 g/mol. The molecular formula is C64H35N11O17. The van der Waals surface area contributed by atoms with E-state index in [4.69, 9.17) is 45.9 Å². The molecular weight excluding hydrogens is 1190 g/mol. The van der Waals surface area contributed by atoms with Crippen LogP contribution in [0.4, 0.5) is 45.5 Å². The molecule has 28 nitrogen and oxygen atoms in total. The fourth-order valence-electron chi connectivity index (χ4n) is 11.6. The Morgan fingerprint density at radius 1 is 0.348 bits per heavy atom. The number of nitriles is 2. The van der Waals surface area contributed by atoms with Crippen LogP contribution in [0.25, 0.3) is 64.6 Å². The summed E-state index contributed by atoms with van der Waals surface area (Å²) in [4.78, 5) is 174. The Kier molecular flexibility index (Phi) is 13.8. The summed E-state index contributed by atoms with van der Waals surface area (Å²) >= 11 is 0. The summed E-state index contributed by atoms with van der Waals surface area (Å²) in [6.45, 7) is 0. The van der Waals surface area contributed by atoms with Gasteiger partial charge in [0, 0.05) is 43.8 Å². The molecule has 0 amide bonds. The van der Waals surface area contributed by atoms with Crippen molar-refractivity contribution in [2.45, 2.75) is 0 Å². The van der Waals surface area contributed by atoms with Crippen LogP contribution in [0.1, 0.15) is 95.5 Å². The summed E-state index contributed by atoms with van der Waals surface area (Å²) in [6.07, 6.45) is 0. The van der Waals surface area contributed by atoms with Crippen LogP contribution in [0.2, 0.25) is 0 Å². The molecule has 2 aromatic heterocycles. The lowest BCUT2D eigenvalue weighted by molar-refractivity contribution is 0.0653. The number of fused-ring (bicyclic) bond motifs is 10. The third kappa shape index (κ3) is 8.30. The van der Waals surface area contributed by atoms with Gasteiger partial charge in [0.05, 0.1) is 122 Å². The maximum absolute atomic E-state index is 12.7. The topological polar surface area (TPSA) is 564 Å². The number of aromatic nitrogens is 1. The summed E-state index contributed by atoms with van der Waals surface area (Å²) in [5, 5.41) is 36.3. The van der Waals surface area contributed by atoms with E-state index < -0.39 is 102 Å². The number of aromatic amines is 1. The number of H-pyrrole nitrogens is 1. The molecule has 14 rings (SSSR count). The number of hydrogen-bond acceptors (Lipinski definition) is 25. The lowest BCUT2D eigenvalue weighted by atomic mass is 9.79. The van der Waals surface area contributed by atoms with E-state index in [0.717, 1.165) is 0 Å². The van der Waals surface area contributed by atoms with Crippen LogP contribution < -0.4 is 90.0 Å². The number of carbonyl (C=O) groups excluding carboxylic acids is 4. The van der Waals surface area contributed by atoms with Crippen molar-refractivity contribution in [2.24, 2.45) is 0 Å². The van der Waals surface area contributed by atoms with E-state index >= 15 is 0 Å². The van der Waals surface area contributed by atoms with Crippen molar-refractivity contribution in [3.63, 3.8) is 0 Å². The highest BCUT2D eigenvalue weighted by atomic mass is 16.4. The van der Waals surface area contributed by atoms with Gasteiger partial charge in [-0.3, -0.25) is 52.9 Å². The second kappa shape index (κ2) is 21.3. The molecule has 12 aromatic rings. The Balaban J connectivity index is 0.000000126. The smallest absolute Gasteiger partial charge is 0.349 e. The number of anilines is 8. The number of carboxylic acids is 2. The van der Waals surface area contributed by atoms with Crippen LogP contribution in [0.3, 0.4) is 0 Å². The normalized spacial score (nSPS) is 12.0. The van der Waals surface area contributed by atoms with Gasteiger partial charge in [-0.15, -0.1) is 0 Å². The van der Waals surface area contributed by atoms with E-state index in [1.807, 2.05) is 0 Å². The first-order valence-corrected chi connectivity index (χ1v) is 26.3. The van der Waals surface area contributed by atoms with Gasteiger partial charge in [-0.1, -0.05) is 97.1 Å². The predicted octanol–water partition coefficient (Wildman–Crippen LogP) is 2.57. The fourth-order valence-corrected chi connectivity index (χ4v) is 11.6. The molecule has 2 aliphatic rings. The molecule has 0 bridgehead atoms. The lowest BCUT2D eigenvalue weighted by Crippen LogP contribution is -2.27. The molecule has 92 heavy (non-hydrogen) atoms. The summed E-state index contributed by atoms with van der Waals surface area (Å²) in [5.41, 5.74) is 36.7. The molecule has 2 aliphatic carbocycles. The maximum atomic E-state index is 12.7. The largest absolute Gasteiger partial charge is 0.478 e. The molecule has 0 spiro atoms. The quantitative estimate of drug-likeness (QED) is 0.0673. The Hall–Kier alpha value is -14.3. The number of nitrogen functional groups attached to an aromatic ring is 8. The minimum atomic E-state index is -1.65. The van der Waals surface area contributed by atoms with E-state index in [1.165, 1.54) is 60.7 Å². The van der Waals surface area contributed by atoms with Crippen molar-refractivity contribution in [3.8, 4) is 12.1 Å². The number of nitrogens with one attached hydrogen (secondary N) is 1. The molecule has 10 aromatic carbocycles. The first-order valence-electron chi connectivity index (χ1n) is 26.3. The van der Waals surface area contributed by atoms with Crippen molar-refractivity contribution < 1.29 is 43.4 Å². The van der Waals surface area contributed by atoms with Gasteiger partial charge in [-0.2, -0.15) is 10.5 Å². The van der Waals surface area contributed by atoms with Crippen molar-refractivity contribution in [3.05, 3.63) is 246 Å². The van der Waals surface area contributed by atoms with Crippen LogP contribution in [-0.2, 0) is 0 Å². The number of benzene rings is 10. The van der Waals surface area contributed by atoms with Gasteiger partial charge in [0.2, 0.25) is 0 Å². The van der Waals surface area contributed by atoms with Gasteiger partial charge < -0.3 is 60.5 Å². The Morgan fingerprint density at radius 2 is 0.587 bits per heavy atom. The summed E-state index contributed by atoms with van der Waals surface area (Å²) in [7, 11) is 0. The first-order chi connectivity index (χ1) is 43.7. The minimum absolute atomic E-state index is 0.0560. The van der Waals surface area contributed by atoms with E-state index in [-0.39, 0.29) is 154 Å². The van der Waals surface area contributed by atoms with Crippen molar-refractivity contribution >= 4 is 145 Å². The molecule has 0 radical (unpaired) electrons. The highest BCUT2D eigenvalue weighted by Crippen LogP contribution is 2.41. The van der Waals surface area contributed by atoms with Gasteiger partial charge in [-0.05, 0) is 0 Å². The van der Waals surface area contributed by atoms with Crippen molar-refractivity contribution in [2.75, 3.05) is 45.9 Å². The standard InChI is InChI=1S/C16H8N4O2.C16H9N3O4.C16H10N2O6.C16H8N2O5/c17-5-9-10(6-18)14(20)12-11(13(9)19)15(21)7-3-1-2-4-8(7)16(12)22;17-11-7-8(12(18)10-9(11)15(22)19-16(10)23)14(21)6-4-2-1-3-5(6)13(7)20;17-11-7-8(12(18)10(16(23)24)9(11)15(21)22)14(20)6-4-2-1-3-5(6)13(7)19;17-11-7-8(12(18)10-9(11)15(21)23-16(10)22)14(20)6-4-2-1-3-5(6)13(7)19/h1-4H,19-20H2;1-4H,17-18H2,(H,19,22,23);1-4H,17-18H2,(H,21,22)(H,23,24);1-4H,17-18H2. The van der Waals surface area contributed by atoms with Crippen molar-refractivity contribution in [1.82, 2.24) is 4.98 Å². The molecule has 0 aliphatic heterocycles. The van der Waals surface area contributed by atoms with Crippen LogP contribution >= 0.6 is 0 Å². The summed E-state index contributed by atoms with van der Waals surface area (Å²) in [5.74, 6) is -5.62. The number of ketones is 4. The van der Waals surface area contributed by atoms with E-state index in [0.29, 0.717) is 0 Å². The number of nitrogens with two attached hydrogens (primary N) is 8. The van der Waals surface area contributed by atoms with Crippen LogP contribution in [0.15, 0.2) is 140 Å². The number of carbonyl (C=O) groups is 6. The first kappa shape index (κ1) is 59.5. The number of furan rings is 1. The van der Waals surface area contributed by atoms with Gasteiger partial charge in [0.25, 0.3) is 11.1 Å². The molecule has 2 heterocycles. The van der Waals surface area contributed by atoms with Crippen LogP contribution in [0.5, 0.6) is 0 Å². The number of carboxylic acid groups (broad SMARTS) is 2. The molecule has 0 fully saturated rings. The highest BCUT2D eigenvalue weighted by Gasteiger charge is 2.40. The van der Waals surface area contributed by atoms with E-state index in [1.54, 1.807) is 48.5 Å². The van der Waals surface area contributed by atoms with Gasteiger partial charge in [0.15, 0.2) is 44.8 Å². The molecule has 0 saturated carbocycles.